The molecule has 1 aromatic rings. The normalized spacial score (nSPS) is 14.9. The van der Waals surface area contributed by atoms with Gasteiger partial charge in [-0.05, 0) is 43.4 Å². The Morgan fingerprint density at radius 1 is 1.43 bits per heavy atom. The Bertz CT molecular complexity index is 533. The fourth-order valence-corrected chi connectivity index (χ4v) is 2.30. The van der Waals surface area contributed by atoms with Gasteiger partial charge in [0.2, 0.25) is 0 Å². The molecule has 5 nitrogen and oxygen atoms in total. The topological polar surface area (TPSA) is 70.5 Å². The van der Waals surface area contributed by atoms with Crippen LogP contribution in [0, 0.1) is 5.92 Å². The van der Waals surface area contributed by atoms with E-state index in [-0.39, 0.29) is 5.91 Å². The summed E-state index contributed by atoms with van der Waals surface area (Å²) in [6.07, 6.45) is 7.69. The van der Waals surface area contributed by atoms with Crippen molar-refractivity contribution >= 4 is 18.0 Å². The second-order valence-corrected chi connectivity index (χ2v) is 5.29. The van der Waals surface area contributed by atoms with Crippen LogP contribution in [0.15, 0.2) is 24.4 Å². The highest BCUT2D eigenvalue weighted by molar-refractivity contribution is 5.92. The van der Waals surface area contributed by atoms with E-state index in [4.69, 9.17) is 5.11 Å². The fraction of sp³-hybridized carbons (Fsp3) is 0.438. The van der Waals surface area contributed by atoms with Crippen LogP contribution in [0.4, 0.5) is 0 Å². The molecular formula is C16H20N2O3. The molecule has 1 aromatic heterocycles. The van der Waals surface area contributed by atoms with Crippen LogP contribution in [-0.4, -0.2) is 40.0 Å². The molecule has 0 spiro atoms. The largest absolute Gasteiger partial charge is 0.478 e. The number of aromatic nitrogens is 1. The molecule has 1 N–H and O–H groups in total. The van der Waals surface area contributed by atoms with Crippen molar-refractivity contribution in [2.75, 3.05) is 13.1 Å². The molecule has 0 unspecified atom stereocenters. The van der Waals surface area contributed by atoms with E-state index in [1.165, 1.54) is 31.5 Å². The van der Waals surface area contributed by atoms with Crippen LogP contribution in [0.25, 0.3) is 6.08 Å². The smallest absolute Gasteiger partial charge is 0.328 e. The third-order valence-electron chi connectivity index (χ3n) is 3.80. The summed E-state index contributed by atoms with van der Waals surface area (Å²) in [5.41, 5.74) is 1.07. The molecule has 0 saturated heterocycles. The first-order valence-electron chi connectivity index (χ1n) is 7.26. The average molecular weight is 288 g/mol. The Hall–Kier alpha value is -2.17. The number of amides is 1. The van der Waals surface area contributed by atoms with Crippen molar-refractivity contribution in [1.29, 1.82) is 0 Å². The number of nitrogens with zero attached hydrogens (tertiary/aromatic N) is 2. The second kappa shape index (κ2) is 7.02. The summed E-state index contributed by atoms with van der Waals surface area (Å²) in [6, 6.07) is 3.35. The van der Waals surface area contributed by atoms with Gasteiger partial charge in [0.05, 0.1) is 0 Å². The van der Waals surface area contributed by atoms with Gasteiger partial charge in [-0.3, -0.25) is 9.78 Å². The Morgan fingerprint density at radius 2 is 2.19 bits per heavy atom. The minimum absolute atomic E-state index is 0.0573. The number of hydrogen-bond acceptors (Lipinski definition) is 3. The number of hydrogen-bond donors (Lipinski definition) is 1. The maximum absolute atomic E-state index is 12.4. The monoisotopic (exact) mass is 288 g/mol. The maximum Gasteiger partial charge on any atom is 0.328 e. The maximum atomic E-state index is 12.4. The molecule has 5 heteroatoms. The molecule has 0 radical (unpaired) electrons. The van der Waals surface area contributed by atoms with Crippen LogP contribution >= 0.6 is 0 Å². The van der Waals surface area contributed by atoms with Gasteiger partial charge in [0.15, 0.2) is 0 Å². The van der Waals surface area contributed by atoms with Gasteiger partial charge in [0.25, 0.3) is 5.91 Å². The number of pyridine rings is 1. The number of carboxylic acid groups (broad SMARTS) is 1. The van der Waals surface area contributed by atoms with E-state index in [0.717, 1.165) is 12.6 Å². The number of rotatable bonds is 6. The van der Waals surface area contributed by atoms with Crippen LogP contribution in [0.5, 0.6) is 0 Å². The summed E-state index contributed by atoms with van der Waals surface area (Å²) in [4.78, 5) is 28.8. The van der Waals surface area contributed by atoms with Crippen molar-refractivity contribution in [3.63, 3.8) is 0 Å². The molecule has 112 valence electrons. The molecule has 0 atom stereocenters. The standard InChI is InChI=1S/C16H20N2O3/c1-2-18(11-13-4-3-5-13)16(21)14-8-6-12(10-17-14)7-9-15(19)20/h6-10,13H,2-5,11H2,1H3,(H,19,20)/b9-7+. The van der Waals surface area contributed by atoms with Crippen molar-refractivity contribution in [3.05, 3.63) is 35.7 Å². The average Bonchev–Trinajstić information content (AvgIpc) is 2.44. The van der Waals surface area contributed by atoms with Crippen LogP contribution in [0.1, 0.15) is 42.2 Å². The molecule has 2 rings (SSSR count). The molecule has 1 fully saturated rings. The summed E-state index contributed by atoms with van der Waals surface area (Å²) in [6.45, 7) is 3.45. The van der Waals surface area contributed by atoms with Gasteiger partial charge in [-0.25, -0.2) is 4.79 Å². The van der Waals surface area contributed by atoms with E-state index < -0.39 is 5.97 Å². The minimum atomic E-state index is -1.01. The zero-order chi connectivity index (χ0) is 15.2. The highest BCUT2D eigenvalue weighted by Crippen LogP contribution is 2.27. The van der Waals surface area contributed by atoms with Crippen molar-refractivity contribution in [2.45, 2.75) is 26.2 Å². The zero-order valence-electron chi connectivity index (χ0n) is 12.2. The second-order valence-electron chi connectivity index (χ2n) is 5.29. The summed E-state index contributed by atoms with van der Waals surface area (Å²) >= 11 is 0. The molecule has 1 saturated carbocycles. The van der Waals surface area contributed by atoms with Crippen molar-refractivity contribution in [2.24, 2.45) is 5.92 Å². The number of carbonyl (C=O) groups excluding carboxylic acids is 1. The lowest BCUT2D eigenvalue weighted by molar-refractivity contribution is -0.131. The van der Waals surface area contributed by atoms with Crippen LogP contribution in [0.2, 0.25) is 0 Å². The van der Waals surface area contributed by atoms with Gasteiger partial charge in [0, 0.05) is 25.4 Å². The van der Waals surface area contributed by atoms with Crippen molar-refractivity contribution in [3.8, 4) is 0 Å². The number of aliphatic carboxylic acids is 1. The zero-order valence-corrected chi connectivity index (χ0v) is 12.2. The van der Waals surface area contributed by atoms with E-state index in [0.29, 0.717) is 23.7 Å². The van der Waals surface area contributed by atoms with E-state index in [9.17, 15) is 9.59 Å². The lowest BCUT2D eigenvalue weighted by atomic mass is 9.85. The third-order valence-corrected chi connectivity index (χ3v) is 3.80. The predicted octanol–water partition coefficient (Wildman–Crippen LogP) is 2.44. The van der Waals surface area contributed by atoms with Crippen LogP contribution in [-0.2, 0) is 4.79 Å². The lowest BCUT2D eigenvalue weighted by Crippen LogP contribution is -2.37. The fourth-order valence-electron chi connectivity index (χ4n) is 2.30. The van der Waals surface area contributed by atoms with E-state index in [2.05, 4.69) is 4.98 Å². The quantitative estimate of drug-likeness (QED) is 0.816. The van der Waals surface area contributed by atoms with Gasteiger partial charge in [0.1, 0.15) is 5.69 Å². The Morgan fingerprint density at radius 3 is 2.67 bits per heavy atom. The van der Waals surface area contributed by atoms with Crippen LogP contribution in [0.3, 0.4) is 0 Å². The van der Waals surface area contributed by atoms with Crippen molar-refractivity contribution < 1.29 is 14.7 Å². The first-order valence-corrected chi connectivity index (χ1v) is 7.26. The minimum Gasteiger partial charge on any atom is -0.478 e. The van der Waals surface area contributed by atoms with E-state index in [1.54, 1.807) is 12.1 Å². The molecular weight excluding hydrogens is 268 g/mol. The summed E-state index contributed by atoms with van der Waals surface area (Å²) in [5.74, 6) is -0.433. The van der Waals surface area contributed by atoms with Gasteiger partial charge >= 0.3 is 5.97 Å². The summed E-state index contributed by atoms with van der Waals surface area (Å²) < 4.78 is 0. The first kappa shape index (κ1) is 15.2. The molecule has 0 aliphatic heterocycles. The Balaban J connectivity index is 2.02. The highest BCUT2D eigenvalue weighted by Gasteiger charge is 2.23. The Kier molecular flexibility index (Phi) is 5.09. The van der Waals surface area contributed by atoms with E-state index in [1.807, 2.05) is 11.8 Å². The number of carbonyl (C=O) groups is 2. The summed E-state index contributed by atoms with van der Waals surface area (Å²) in [7, 11) is 0. The molecule has 1 amide bonds. The summed E-state index contributed by atoms with van der Waals surface area (Å²) in [5, 5.41) is 8.57. The molecule has 1 aliphatic carbocycles. The van der Waals surface area contributed by atoms with Gasteiger partial charge in [-0.15, -0.1) is 0 Å². The third kappa shape index (κ3) is 4.15. The molecule has 0 bridgehead atoms. The van der Waals surface area contributed by atoms with Gasteiger partial charge < -0.3 is 10.0 Å². The molecule has 1 heterocycles. The van der Waals surface area contributed by atoms with Crippen molar-refractivity contribution in [1.82, 2.24) is 9.88 Å². The van der Waals surface area contributed by atoms with E-state index >= 15 is 0 Å². The SMILES string of the molecule is CCN(CC1CCC1)C(=O)c1ccc(/C=C/C(=O)O)cn1. The van der Waals surface area contributed by atoms with Gasteiger partial charge in [-0.2, -0.15) is 0 Å². The molecule has 0 aromatic carbocycles. The highest BCUT2D eigenvalue weighted by atomic mass is 16.4. The Labute approximate surface area is 124 Å². The lowest BCUT2D eigenvalue weighted by Gasteiger charge is -2.31. The first-order chi connectivity index (χ1) is 10.1. The van der Waals surface area contributed by atoms with Crippen LogP contribution < -0.4 is 0 Å². The van der Waals surface area contributed by atoms with Gasteiger partial charge in [-0.1, -0.05) is 12.5 Å². The molecule has 21 heavy (non-hydrogen) atoms. The molecule has 1 aliphatic rings. The number of carboxylic acids is 1. The predicted molar refractivity (Wildman–Crippen MR) is 79.8 cm³/mol.